The lowest BCUT2D eigenvalue weighted by molar-refractivity contribution is 1.16. The van der Waals surface area contributed by atoms with Crippen molar-refractivity contribution in [3.8, 4) is 0 Å². The Labute approximate surface area is 152 Å². The number of anilines is 3. The second-order valence-electron chi connectivity index (χ2n) is 6.35. The van der Waals surface area contributed by atoms with Crippen LogP contribution in [0.15, 0.2) is 109 Å². The van der Waals surface area contributed by atoms with Crippen LogP contribution in [-0.2, 0) is 0 Å². The van der Waals surface area contributed by atoms with Crippen molar-refractivity contribution in [2.75, 3.05) is 4.90 Å². The third-order valence-electron chi connectivity index (χ3n) is 4.76. The Morgan fingerprint density at radius 3 is 1.77 bits per heavy atom. The van der Waals surface area contributed by atoms with Crippen LogP contribution in [0, 0.1) is 0 Å². The molecule has 0 N–H and O–H groups in total. The minimum atomic E-state index is 1.13. The molecule has 0 spiro atoms. The minimum Gasteiger partial charge on any atom is -0.296 e. The van der Waals surface area contributed by atoms with Crippen molar-refractivity contribution in [2.45, 2.75) is 0 Å². The second-order valence-corrected chi connectivity index (χ2v) is 6.35. The maximum Gasteiger partial charge on any atom is 0.122 e. The second kappa shape index (κ2) is 6.08. The summed E-state index contributed by atoms with van der Waals surface area (Å²) in [5.74, 6) is 1.13. The van der Waals surface area contributed by atoms with E-state index in [1.165, 1.54) is 16.4 Å². The van der Waals surface area contributed by atoms with Gasteiger partial charge in [-0.05, 0) is 53.9 Å². The molecule has 26 heavy (non-hydrogen) atoms. The molecule has 0 radical (unpaired) electrons. The van der Waals surface area contributed by atoms with Crippen molar-refractivity contribution in [2.24, 2.45) is 0 Å². The van der Waals surface area contributed by atoms with E-state index in [-0.39, 0.29) is 0 Å². The van der Waals surface area contributed by atoms with Crippen molar-refractivity contribution >= 4 is 33.6 Å². The number of nitrogens with zero attached hydrogens (tertiary/aromatic N) is 2. The van der Waals surface area contributed by atoms with Crippen molar-refractivity contribution in [3.63, 3.8) is 0 Å². The highest BCUT2D eigenvalue weighted by Gasteiger charge is 2.16. The molecule has 124 valence electrons. The van der Waals surface area contributed by atoms with E-state index < -0.39 is 0 Å². The zero-order valence-corrected chi connectivity index (χ0v) is 14.3. The van der Waals surface area contributed by atoms with Gasteiger partial charge in [0.05, 0.1) is 5.52 Å². The van der Waals surface area contributed by atoms with Gasteiger partial charge in [0.1, 0.15) is 5.82 Å². The van der Waals surface area contributed by atoms with E-state index in [1.807, 2.05) is 0 Å². The van der Waals surface area contributed by atoms with Crippen LogP contribution in [0.4, 0.5) is 17.2 Å². The fraction of sp³-hybridized carbons (Fsp3) is 0. The molecule has 0 saturated heterocycles. The normalized spacial score (nSPS) is 11.1. The predicted molar refractivity (Wildman–Crippen MR) is 110 cm³/mol. The Morgan fingerprint density at radius 1 is 0.500 bits per heavy atom. The quantitative estimate of drug-likeness (QED) is 0.362. The Balaban J connectivity index is 1.84. The van der Waals surface area contributed by atoms with E-state index in [4.69, 9.17) is 0 Å². The summed E-state index contributed by atoms with van der Waals surface area (Å²) < 4.78 is 2.33. The highest BCUT2D eigenvalue weighted by atomic mass is 15.2. The summed E-state index contributed by atoms with van der Waals surface area (Å²) >= 11 is 0. The van der Waals surface area contributed by atoms with Crippen LogP contribution in [0.2, 0.25) is 0 Å². The van der Waals surface area contributed by atoms with Gasteiger partial charge in [-0.2, -0.15) is 0 Å². The summed E-state index contributed by atoms with van der Waals surface area (Å²) in [7, 11) is 0. The highest BCUT2D eigenvalue weighted by molar-refractivity contribution is 5.87. The average molecular weight is 334 g/mol. The van der Waals surface area contributed by atoms with Crippen LogP contribution in [0.5, 0.6) is 0 Å². The number of aromatic nitrogens is 1. The summed E-state index contributed by atoms with van der Waals surface area (Å²) in [6.45, 7) is 0. The first-order valence-corrected chi connectivity index (χ1v) is 8.81. The molecule has 0 amide bonds. The SMILES string of the molecule is c1ccc(N(c2ccccc2)c2ccc3ccc4ccccc4n23)cc1. The zero-order valence-electron chi connectivity index (χ0n) is 14.3. The number of fused-ring (bicyclic) bond motifs is 3. The van der Waals surface area contributed by atoms with Gasteiger partial charge in [-0.1, -0.05) is 60.7 Å². The summed E-state index contributed by atoms with van der Waals surface area (Å²) in [4.78, 5) is 2.30. The van der Waals surface area contributed by atoms with E-state index in [9.17, 15) is 0 Å². The number of rotatable bonds is 3. The molecule has 2 heterocycles. The topological polar surface area (TPSA) is 7.65 Å². The Hall–Kier alpha value is -3.52. The molecule has 2 aromatic heterocycles. The molecule has 0 fully saturated rings. The summed E-state index contributed by atoms with van der Waals surface area (Å²) in [5, 5.41) is 1.23. The van der Waals surface area contributed by atoms with Crippen molar-refractivity contribution in [1.29, 1.82) is 0 Å². The van der Waals surface area contributed by atoms with Gasteiger partial charge in [-0.25, -0.2) is 0 Å². The first kappa shape index (κ1) is 14.8. The van der Waals surface area contributed by atoms with Gasteiger partial charge in [-0.15, -0.1) is 0 Å². The van der Waals surface area contributed by atoms with Crippen LogP contribution < -0.4 is 4.90 Å². The fourth-order valence-electron chi connectivity index (χ4n) is 3.58. The molecule has 0 atom stereocenters. The molecular weight excluding hydrogens is 316 g/mol. The molecule has 0 unspecified atom stereocenters. The maximum atomic E-state index is 2.33. The molecule has 0 aliphatic carbocycles. The maximum absolute atomic E-state index is 2.33. The third kappa shape index (κ3) is 2.35. The van der Waals surface area contributed by atoms with Crippen molar-refractivity contribution in [3.05, 3.63) is 109 Å². The van der Waals surface area contributed by atoms with Gasteiger partial charge < -0.3 is 0 Å². The van der Waals surface area contributed by atoms with Gasteiger partial charge in [0.15, 0.2) is 0 Å². The molecule has 2 heteroatoms. The molecular formula is C24H18N2. The zero-order chi connectivity index (χ0) is 17.3. The first-order chi connectivity index (χ1) is 12.9. The standard InChI is InChI=1S/C24H18N2/c1-3-10-20(11-4-1)25(21-12-5-2-6-13-21)24-18-17-22-16-15-19-9-7-8-14-23(19)26(22)24/h1-18H. The molecule has 0 bridgehead atoms. The first-order valence-electron chi connectivity index (χ1n) is 8.81. The van der Waals surface area contributed by atoms with E-state index in [0.29, 0.717) is 0 Å². The van der Waals surface area contributed by atoms with Crippen LogP contribution >= 0.6 is 0 Å². The number of hydrogen-bond acceptors (Lipinski definition) is 1. The smallest absolute Gasteiger partial charge is 0.122 e. The van der Waals surface area contributed by atoms with Crippen molar-refractivity contribution < 1.29 is 0 Å². The monoisotopic (exact) mass is 334 g/mol. The van der Waals surface area contributed by atoms with Crippen LogP contribution in [0.1, 0.15) is 0 Å². The summed E-state index contributed by atoms with van der Waals surface area (Å²) in [5.41, 5.74) is 4.69. The van der Waals surface area contributed by atoms with E-state index in [0.717, 1.165) is 17.2 Å². The molecule has 5 rings (SSSR count). The molecule has 5 aromatic rings. The van der Waals surface area contributed by atoms with Gasteiger partial charge >= 0.3 is 0 Å². The van der Waals surface area contributed by atoms with Crippen LogP contribution in [0.25, 0.3) is 16.4 Å². The Bertz CT molecular complexity index is 1130. The average Bonchev–Trinajstić information content (AvgIpc) is 3.14. The van der Waals surface area contributed by atoms with Gasteiger partial charge in [-0.3, -0.25) is 9.30 Å². The number of pyridine rings is 1. The van der Waals surface area contributed by atoms with Gasteiger partial charge in [0.2, 0.25) is 0 Å². The van der Waals surface area contributed by atoms with Gasteiger partial charge in [0, 0.05) is 16.9 Å². The van der Waals surface area contributed by atoms with E-state index in [2.05, 4.69) is 118 Å². The largest absolute Gasteiger partial charge is 0.296 e. The third-order valence-corrected chi connectivity index (χ3v) is 4.76. The van der Waals surface area contributed by atoms with E-state index >= 15 is 0 Å². The van der Waals surface area contributed by atoms with Crippen LogP contribution in [-0.4, -0.2) is 4.40 Å². The molecule has 3 aromatic carbocycles. The lowest BCUT2D eigenvalue weighted by atomic mass is 10.2. The Kier molecular flexibility index (Phi) is 3.46. The number of benzene rings is 3. The predicted octanol–water partition coefficient (Wildman–Crippen LogP) is 6.56. The molecule has 0 aliphatic rings. The summed E-state index contributed by atoms with van der Waals surface area (Å²) in [6, 6.07) is 38.3. The molecule has 0 aliphatic heterocycles. The molecule has 0 saturated carbocycles. The van der Waals surface area contributed by atoms with Gasteiger partial charge in [0.25, 0.3) is 0 Å². The lowest BCUT2D eigenvalue weighted by Crippen LogP contribution is -2.12. The highest BCUT2D eigenvalue weighted by Crippen LogP contribution is 2.36. The fourth-order valence-corrected chi connectivity index (χ4v) is 3.58. The van der Waals surface area contributed by atoms with E-state index in [1.54, 1.807) is 0 Å². The lowest BCUT2D eigenvalue weighted by Gasteiger charge is -2.25. The molecule has 2 nitrogen and oxygen atoms in total. The summed E-state index contributed by atoms with van der Waals surface area (Å²) in [6.07, 6.45) is 0. The van der Waals surface area contributed by atoms with Crippen molar-refractivity contribution in [1.82, 2.24) is 4.40 Å². The number of para-hydroxylation sites is 3. The minimum absolute atomic E-state index is 1.13. The van der Waals surface area contributed by atoms with Crippen LogP contribution in [0.3, 0.4) is 0 Å². The number of hydrogen-bond donors (Lipinski definition) is 0. The Morgan fingerprint density at radius 2 is 1.08 bits per heavy atom.